The monoisotopic (exact) mass is 992 g/mol. The zero-order valence-corrected chi connectivity index (χ0v) is 40.4. The van der Waals surface area contributed by atoms with Crippen molar-refractivity contribution in [3.05, 3.63) is 111 Å². The quantitative estimate of drug-likeness (QED) is 0.182. The number of nitrogens with one attached hydrogen (secondary N) is 1. The molecule has 2 aromatic carbocycles. The van der Waals surface area contributed by atoms with Crippen LogP contribution >= 0.6 is 0 Å². The normalized spacial score (nSPS) is 21.6. The summed E-state index contributed by atoms with van der Waals surface area (Å²) in [6.07, 6.45) is 2.71. The summed E-state index contributed by atoms with van der Waals surface area (Å²) in [4.78, 5) is 77.4. The molecule has 18 nitrogen and oxygen atoms in total. The highest BCUT2D eigenvalue weighted by Gasteiger charge is 2.43. The first kappa shape index (κ1) is 47.9. The molecule has 380 valence electrons. The van der Waals surface area contributed by atoms with E-state index >= 15 is 0 Å². The maximum Gasteiger partial charge on any atom is 0.418 e. The molecule has 6 aliphatic rings. The van der Waals surface area contributed by atoms with E-state index in [0.29, 0.717) is 101 Å². The van der Waals surface area contributed by atoms with Gasteiger partial charge in [0.1, 0.15) is 18.2 Å². The maximum absolute atomic E-state index is 14.7. The number of fused-ring (bicyclic) bond motifs is 2. The zero-order chi connectivity index (χ0) is 49.9. The molecular formula is C51H59F3N12O6. The van der Waals surface area contributed by atoms with Crippen molar-refractivity contribution < 1.29 is 37.1 Å². The Balaban J connectivity index is 0.644. The van der Waals surface area contributed by atoms with Gasteiger partial charge in [-0.3, -0.25) is 48.2 Å². The van der Waals surface area contributed by atoms with Crippen molar-refractivity contribution in [2.75, 3.05) is 96.7 Å². The van der Waals surface area contributed by atoms with Gasteiger partial charge in [0, 0.05) is 134 Å². The molecule has 3 aromatic heterocycles. The molecule has 0 aliphatic carbocycles. The molecule has 9 heterocycles. The Kier molecular flexibility index (Phi) is 12.8. The number of amides is 4. The summed E-state index contributed by atoms with van der Waals surface area (Å²) in [6.45, 7) is 10.0. The van der Waals surface area contributed by atoms with Crippen LogP contribution in [-0.2, 0) is 57.3 Å². The number of rotatable bonds is 12. The second-order valence-corrected chi connectivity index (χ2v) is 20.6. The number of ether oxygens (including phenoxy) is 1. The number of imide groups is 1. The molecule has 72 heavy (non-hydrogen) atoms. The van der Waals surface area contributed by atoms with Crippen molar-refractivity contribution in [3.63, 3.8) is 0 Å². The van der Waals surface area contributed by atoms with Gasteiger partial charge in [-0.15, -0.1) is 10.2 Å². The number of likely N-dealkylation sites (tertiary alicyclic amines) is 1. The molecule has 4 amide bonds. The molecule has 1 N–H and O–H groups in total. The fraction of sp³-hybridized carbons (Fsp3) is 0.510. The number of benzene rings is 2. The van der Waals surface area contributed by atoms with Crippen LogP contribution in [0.4, 0.5) is 18.9 Å². The number of piperidine rings is 2. The fourth-order valence-corrected chi connectivity index (χ4v) is 11.5. The standard InChI is InChI=1S/C51H59F3N12O6/c1-58-33-55-57-44(58)24-50(31-72-32-50)37-3-2-4-39(23-37)64-29-43-41(51(52,53)54)21-35(27-66(43)49(64)71)26-59-13-15-61(16-14-59)30-46(68)63-11-9-34(10-12-63)25-60-17-19-62(20-18-60)38-5-6-40-36(22-38)28-65(48(40)70)42-7-8-45(67)56-47(42)69/h2-6,21-23,27,29,33-34,42H,7-20,24-26,28,30-32H2,1H3,(H,56,67,69)/t42-/m0/s1. The number of carbonyl (C=O) groups excluding carboxylic acids is 4. The number of anilines is 1. The molecule has 0 saturated carbocycles. The fourth-order valence-electron chi connectivity index (χ4n) is 11.5. The molecule has 0 unspecified atom stereocenters. The Bertz CT molecular complexity index is 2960. The number of nitrogens with zero attached hydrogens (tertiary/aromatic N) is 11. The lowest BCUT2D eigenvalue weighted by atomic mass is 9.75. The first-order chi connectivity index (χ1) is 34.7. The van der Waals surface area contributed by atoms with Crippen LogP contribution in [0.3, 0.4) is 0 Å². The lowest BCUT2D eigenvalue weighted by molar-refractivity contribution is -0.137. The van der Waals surface area contributed by atoms with Crippen LogP contribution in [-0.4, -0.2) is 170 Å². The Morgan fingerprint density at radius 1 is 0.847 bits per heavy atom. The highest BCUT2D eigenvalue weighted by molar-refractivity contribution is 6.05. The molecule has 5 fully saturated rings. The molecule has 0 radical (unpaired) electrons. The second-order valence-electron chi connectivity index (χ2n) is 20.6. The summed E-state index contributed by atoms with van der Waals surface area (Å²) >= 11 is 0. The molecule has 5 saturated heterocycles. The number of aromatic nitrogens is 5. The van der Waals surface area contributed by atoms with Gasteiger partial charge in [0.25, 0.3) is 5.91 Å². The summed E-state index contributed by atoms with van der Waals surface area (Å²) in [5.74, 6) is 0.489. The van der Waals surface area contributed by atoms with Crippen molar-refractivity contribution in [1.29, 1.82) is 0 Å². The molecule has 0 bridgehead atoms. The Morgan fingerprint density at radius 2 is 1.60 bits per heavy atom. The van der Waals surface area contributed by atoms with E-state index in [4.69, 9.17) is 4.74 Å². The molecule has 0 spiro atoms. The van der Waals surface area contributed by atoms with E-state index in [1.807, 2.05) is 40.8 Å². The lowest BCUT2D eigenvalue weighted by Gasteiger charge is -2.41. The van der Waals surface area contributed by atoms with E-state index in [0.717, 1.165) is 78.7 Å². The predicted octanol–water partition coefficient (Wildman–Crippen LogP) is 2.69. The third kappa shape index (κ3) is 9.42. The number of carbonyl (C=O) groups is 4. The van der Waals surface area contributed by atoms with E-state index < -0.39 is 34.8 Å². The highest BCUT2D eigenvalue weighted by atomic mass is 19.4. The van der Waals surface area contributed by atoms with E-state index in [2.05, 4.69) is 41.2 Å². The topological polar surface area (TPSA) is 166 Å². The summed E-state index contributed by atoms with van der Waals surface area (Å²) in [5, 5.41) is 10.6. The minimum Gasteiger partial charge on any atom is -0.379 e. The van der Waals surface area contributed by atoms with Gasteiger partial charge in [0.05, 0.1) is 36.5 Å². The van der Waals surface area contributed by atoms with Gasteiger partial charge in [-0.05, 0) is 78.3 Å². The van der Waals surface area contributed by atoms with Gasteiger partial charge >= 0.3 is 11.9 Å². The van der Waals surface area contributed by atoms with Crippen molar-refractivity contribution in [2.45, 2.75) is 62.8 Å². The van der Waals surface area contributed by atoms with Gasteiger partial charge in [0.15, 0.2) is 0 Å². The second kappa shape index (κ2) is 19.2. The van der Waals surface area contributed by atoms with Crippen LogP contribution in [0.25, 0.3) is 11.2 Å². The molecule has 21 heteroatoms. The minimum atomic E-state index is -4.70. The van der Waals surface area contributed by atoms with Gasteiger partial charge in [0.2, 0.25) is 17.7 Å². The van der Waals surface area contributed by atoms with Crippen molar-refractivity contribution in [1.82, 2.24) is 53.5 Å². The van der Waals surface area contributed by atoms with Gasteiger partial charge < -0.3 is 24.0 Å². The SMILES string of the molecule is Cn1cnnc1CC1(c2cccc(-n3cc4c(C(F)(F)F)cc(CN5CCN(CC(=O)N6CCC(CN7CCN(c8ccc9c(c8)CN([C@H]8CCC(=O)NC8=O)C9=O)CC7)CC6)CC5)cn4c3=O)c2)COC1. The first-order valence-electron chi connectivity index (χ1n) is 25.0. The predicted molar refractivity (Wildman–Crippen MR) is 257 cm³/mol. The third-order valence-corrected chi connectivity index (χ3v) is 15.9. The van der Waals surface area contributed by atoms with E-state index in [-0.39, 0.29) is 36.2 Å². The minimum absolute atomic E-state index is 0.100. The average molecular weight is 993 g/mol. The van der Waals surface area contributed by atoms with Crippen LogP contribution in [0.1, 0.15) is 64.1 Å². The van der Waals surface area contributed by atoms with Crippen LogP contribution in [0.5, 0.6) is 0 Å². The largest absolute Gasteiger partial charge is 0.418 e. The molecule has 11 rings (SSSR count). The summed E-state index contributed by atoms with van der Waals surface area (Å²) < 4.78 is 54.0. The van der Waals surface area contributed by atoms with Crippen molar-refractivity contribution >= 4 is 34.8 Å². The zero-order valence-electron chi connectivity index (χ0n) is 40.4. The smallest absolute Gasteiger partial charge is 0.379 e. The Labute approximate surface area is 413 Å². The Hall–Kier alpha value is -6.42. The van der Waals surface area contributed by atoms with E-state index in [1.54, 1.807) is 23.4 Å². The third-order valence-electron chi connectivity index (χ3n) is 15.9. The van der Waals surface area contributed by atoms with Gasteiger partial charge in [-0.1, -0.05) is 12.1 Å². The molecular weight excluding hydrogens is 934 g/mol. The number of imidazole rings is 1. The maximum atomic E-state index is 14.7. The van der Waals surface area contributed by atoms with E-state index in [9.17, 15) is 37.1 Å². The lowest BCUT2D eigenvalue weighted by Crippen LogP contribution is -2.52. The molecule has 6 aliphatic heterocycles. The van der Waals surface area contributed by atoms with E-state index in [1.165, 1.54) is 17.0 Å². The van der Waals surface area contributed by atoms with Crippen LogP contribution in [0.2, 0.25) is 0 Å². The summed E-state index contributed by atoms with van der Waals surface area (Å²) in [7, 11) is 1.87. The average Bonchev–Trinajstić information content (AvgIpc) is 4.03. The van der Waals surface area contributed by atoms with Gasteiger partial charge in [-0.2, -0.15) is 13.2 Å². The van der Waals surface area contributed by atoms with Crippen molar-refractivity contribution in [3.8, 4) is 5.69 Å². The molecule has 5 aromatic rings. The highest BCUT2D eigenvalue weighted by Crippen LogP contribution is 2.38. The number of hydrogen-bond donors (Lipinski definition) is 1. The number of hydrogen-bond acceptors (Lipinski definition) is 12. The molecule has 1 atom stereocenters. The van der Waals surface area contributed by atoms with Crippen LogP contribution in [0, 0.1) is 5.92 Å². The number of piperazine rings is 2. The van der Waals surface area contributed by atoms with Crippen molar-refractivity contribution in [2.24, 2.45) is 13.0 Å². The summed E-state index contributed by atoms with van der Waals surface area (Å²) in [6, 6.07) is 13.7. The van der Waals surface area contributed by atoms with Gasteiger partial charge in [-0.25, -0.2) is 4.79 Å². The Morgan fingerprint density at radius 3 is 2.29 bits per heavy atom. The van der Waals surface area contributed by atoms with Crippen LogP contribution < -0.4 is 15.9 Å². The summed E-state index contributed by atoms with van der Waals surface area (Å²) in [5.41, 5.74) is 2.22. The number of halogens is 3. The number of pyridine rings is 1. The van der Waals surface area contributed by atoms with Crippen LogP contribution in [0.15, 0.2) is 72.0 Å². The number of alkyl halides is 3. The number of aryl methyl sites for hydroxylation is 1. The first-order valence-corrected chi connectivity index (χ1v) is 25.0.